The van der Waals surface area contributed by atoms with Gasteiger partial charge in [0, 0.05) is 18.3 Å². The van der Waals surface area contributed by atoms with E-state index < -0.39 is 13.0 Å². The molecule has 116 valence electrons. The fourth-order valence-corrected chi connectivity index (χ4v) is 2.24. The van der Waals surface area contributed by atoms with Gasteiger partial charge >= 0.3 is 0 Å². The number of pyridine rings is 1. The van der Waals surface area contributed by atoms with Crippen molar-refractivity contribution in [2.24, 2.45) is 0 Å². The highest BCUT2D eigenvalue weighted by Gasteiger charge is 2.21. The Labute approximate surface area is 121 Å². The summed E-state index contributed by atoms with van der Waals surface area (Å²) in [7, 11) is 0. The van der Waals surface area contributed by atoms with Crippen molar-refractivity contribution in [2.45, 2.75) is 44.3 Å². The third-order valence-electron chi connectivity index (χ3n) is 3.39. The number of alkyl halides is 2. The van der Waals surface area contributed by atoms with Gasteiger partial charge in [-0.05, 0) is 31.7 Å². The van der Waals surface area contributed by atoms with Crippen molar-refractivity contribution in [1.29, 1.82) is 0 Å². The molecule has 2 rings (SSSR count). The number of ether oxygens (including phenoxy) is 1. The van der Waals surface area contributed by atoms with Crippen LogP contribution in [-0.4, -0.2) is 41.2 Å². The molecule has 0 bridgehead atoms. The fourth-order valence-electron chi connectivity index (χ4n) is 2.24. The Hall–Kier alpha value is -1.76. The number of carbonyl (C=O) groups is 1. The molecule has 0 saturated heterocycles. The molecule has 0 atom stereocenters. The second kappa shape index (κ2) is 7.31. The molecule has 5 nitrogen and oxygen atoms in total. The molecule has 2 N–H and O–H groups in total. The van der Waals surface area contributed by atoms with Crippen molar-refractivity contribution in [3.8, 4) is 5.88 Å². The molecule has 1 aliphatic rings. The Morgan fingerprint density at radius 1 is 1.38 bits per heavy atom. The van der Waals surface area contributed by atoms with Crippen LogP contribution in [0.5, 0.6) is 5.88 Å². The van der Waals surface area contributed by atoms with Crippen molar-refractivity contribution in [1.82, 2.24) is 10.3 Å². The van der Waals surface area contributed by atoms with Crippen LogP contribution in [0.1, 0.15) is 36.0 Å². The third-order valence-corrected chi connectivity index (χ3v) is 3.39. The number of nitrogens with zero attached hydrogens (tertiary/aromatic N) is 1. The number of halogens is 2. The first kappa shape index (κ1) is 15.6. The van der Waals surface area contributed by atoms with Crippen molar-refractivity contribution in [3.63, 3.8) is 0 Å². The smallest absolute Gasteiger partial charge is 0.272 e. The van der Waals surface area contributed by atoms with Crippen LogP contribution in [0.2, 0.25) is 0 Å². The van der Waals surface area contributed by atoms with Gasteiger partial charge in [-0.2, -0.15) is 0 Å². The Kier molecular flexibility index (Phi) is 5.44. The number of aliphatic hydroxyl groups is 1. The number of aromatic nitrogens is 1. The molecule has 1 aromatic heterocycles. The first-order valence-corrected chi connectivity index (χ1v) is 6.90. The first-order chi connectivity index (χ1) is 10.0. The predicted molar refractivity (Wildman–Crippen MR) is 71.5 cm³/mol. The van der Waals surface area contributed by atoms with Gasteiger partial charge in [0.1, 0.15) is 0 Å². The van der Waals surface area contributed by atoms with Gasteiger partial charge in [-0.3, -0.25) is 4.79 Å². The van der Waals surface area contributed by atoms with Crippen molar-refractivity contribution >= 4 is 5.91 Å². The van der Waals surface area contributed by atoms with Crippen LogP contribution < -0.4 is 10.1 Å². The highest BCUT2D eigenvalue weighted by Crippen LogP contribution is 2.19. The van der Waals surface area contributed by atoms with E-state index in [4.69, 9.17) is 4.74 Å². The number of amides is 1. The maximum atomic E-state index is 12.0. The van der Waals surface area contributed by atoms with E-state index in [0.717, 1.165) is 12.8 Å². The van der Waals surface area contributed by atoms with E-state index in [2.05, 4.69) is 10.3 Å². The van der Waals surface area contributed by atoms with Crippen LogP contribution >= 0.6 is 0 Å². The van der Waals surface area contributed by atoms with Crippen LogP contribution in [0.15, 0.2) is 18.3 Å². The molecule has 1 saturated carbocycles. The van der Waals surface area contributed by atoms with E-state index in [1.54, 1.807) is 0 Å². The van der Waals surface area contributed by atoms with Gasteiger partial charge in [0.05, 0.1) is 11.7 Å². The maximum absolute atomic E-state index is 12.0. The predicted octanol–water partition coefficient (Wildman–Crippen LogP) is 1.76. The molecule has 7 heteroatoms. The quantitative estimate of drug-likeness (QED) is 0.869. The van der Waals surface area contributed by atoms with Gasteiger partial charge in [-0.1, -0.05) is 0 Å². The third kappa shape index (κ3) is 4.93. The van der Waals surface area contributed by atoms with Crippen LogP contribution in [0.25, 0.3) is 0 Å². The summed E-state index contributed by atoms with van der Waals surface area (Å²) in [5.74, 6) is -0.197. The normalized spacial score (nSPS) is 22.1. The molecular formula is C14H18F2N2O3. The number of rotatable bonds is 5. The van der Waals surface area contributed by atoms with E-state index in [1.807, 2.05) is 0 Å². The first-order valence-electron chi connectivity index (χ1n) is 6.90. The Morgan fingerprint density at radius 2 is 2.10 bits per heavy atom. The molecule has 0 spiro atoms. The number of carbonyl (C=O) groups excluding carboxylic acids is 1. The lowest BCUT2D eigenvalue weighted by Gasteiger charge is -2.26. The van der Waals surface area contributed by atoms with E-state index in [-0.39, 0.29) is 23.9 Å². The summed E-state index contributed by atoms with van der Waals surface area (Å²) in [5, 5.41) is 12.3. The van der Waals surface area contributed by atoms with Gasteiger partial charge < -0.3 is 15.2 Å². The number of hydrogen-bond donors (Lipinski definition) is 2. The largest absolute Gasteiger partial charge is 0.472 e. The SMILES string of the molecule is O=C(NC1CCC(O)CC1)c1ccc(OCC(F)F)nc1. The average Bonchev–Trinajstić information content (AvgIpc) is 2.48. The Balaban J connectivity index is 1.85. The molecule has 0 radical (unpaired) electrons. The van der Waals surface area contributed by atoms with E-state index in [1.165, 1.54) is 18.3 Å². The van der Waals surface area contributed by atoms with E-state index in [9.17, 15) is 18.7 Å². The molecule has 0 aliphatic heterocycles. The van der Waals surface area contributed by atoms with E-state index in [0.29, 0.717) is 18.4 Å². The molecule has 1 heterocycles. The number of hydrogen-bond acceptors (Lipinski definition) is 4. The van der Waals surface area contributed by atoms with Gasteiger partial charge in [0.25, 0.3) is 12.3 Å². The molecule has 1 aliphatic carbocycles. The topological polar surface area (TPSA) is 71.5 Å². The molecule has 1 amide bonds. The summed E-state index contributed by atoms with van der Waals surface area (Å²) in [4.78, 5) is 15.8. The molecule has 1 aromatic rings. The maximum Gasteiger partial charge on any atom is 0.272 e. The van der Waals surface area contributed by atoms with Gasteiger partial charge in [0.15, 0.2) is 6.61 Å². The highest BCUT2D eigenvalue weighted by molar-refractivity contribution is 5.94. The molecule has 0 unspecified atom stereocenters. The van der Waals surface area contributed by atoms with Crippen LogP contribution in [0.4, 0.5) is 8.78 Å². The lowest BCUT2D eigenvalue weighted by Crippen LogP contribution is -2.38. The zero-order valence-corrected chi connectivity index (χ0v) is 11.5. The Bertz CT molecular complexity index is 460. The second-order valence-corrected chi connectivity index (χ2v) is 5.07. The van der Waals surface area contributed by atoms with Crippen LogP contribution in [0, 0.1) is 0 Å². The molecule has 21 heavy (non-hydrogen) atoms. The van der Waals surface area contributed by atoms with Crippen LogP contribution in [0.3, 0.4) is 0 Å². The summed E-state index contributed by atoms with van der Waals surface area (Å²) in [6.07, 6.45) is 1.33. The molecule has 1 fully saturated rings. The summed E-state index contributed by atoms with van der Waals surface area (Å²) < 4.78 is 28.7. The zero-order chi connectivity index (χ0) is 15.2. The van der Waals surface area contributed by atoms with Gasteiger partial charge in [-0.15, -0.1) is 0 Å². The molecular weight excluding hydrogens is 282 g/mol. The number of nitrogens with one attached hydrogen (secondary N) is 1. The summed E-state index contributed by atoms with van der Waals surface area (Å²) in [6, 6.07) is 2.93. The van der Waals surface area contributed by atoms with Crippen LogP contribution in [-0.2, 0) is 0 Å². The Morgan fingerprint density at radius 3 is 2.67 bits per heavy atom. The monoisotopic (exact) mass is 300 g/mol. The second-order valence-electron chi connectivity index (χ2n) is 5.07. The van der Waals surface area contributed by atoms with Crippen molar-refractivity contribution < 1.29 is 23.4 Å². The van der Waals surface area contributed by atoms with E-state index >= 15 is 0 Å². The lowest BCUT2D eigenvalue weighted by atomic mass is 9.93. The summed E-state index contributed by atoms with van der Waals surface area (Å²) in [5.41, 5.74) is 0.352. The number of aliphatic hydroxyl groups excluding tert-OH is 1. The molecule has 0 aromatic carbocycles. The fraction of sp³-hybridized carbons (Fsp3) is 0.571. The minimum Gasteiger partial charge on any atom is -0.472 e. The minimum absolute atomic E-state index is 0.0515. The average molecular weight is 300 g/mol. The lowest BCUT2D eigenvalue weighted by molar-refractivity contribution is 0.0793. The summed E-state index contributed by atoms with van der Waals surface area (Å²) in [6.45, 7) is -0.719. The zero-order valence-electron chi connectivity index (χ0n) is 11.5. The van der Waals surface area contributed by atoms with Gasteiger partial charge in [0.2, 0.25) is 5.88 Å². The summed E-state index contributed by atoms with van der Waals surface area (Å²) >= 11 is 0. The minimum atomic E-state index is -2.56. The highest BCUT2D eigenvalue weighted by atomic mass is 19.3. The van der Waals surface area contributed by atoms with Crippen molar-refractivity contribution in [2.75, 3.05) is 6.61 Å². The standard InChI is InChI=1S/C14H18F2N2O3/c15-12(16)8-21-13-6-1-9(7-17-13)14(20)18-10-2-4-11(19)5-3-10/h1,6-7,10-12,19H,2-5,8H2,(H,18,20). The van der Waals surface area contributed by atoms with Crippen molar-refractivity contribution in [3.05, 3.63) is 23.9 Å². The van der Waals surface area contributed by atoms with Gasteiger partial charge in [-0.25, -0.2) is 13.8 Å².